The van der Waals surface area contributed by atoms with E-state index in [4.69, 9.17) is 39.3 Å². The number of anilines is 1. The molecule has 5 heterocycles. The van der Waals surface area contributed by atoms with E-state index in [0.717, 1.165) is 10.9 Å². The van der Waals surface area contributed by atoms with Gasteiger partial charge in [-0.25, -0.2) is 14.1 Å². The summed E-state index contributed by atoms with van der Waals surface area (Å²) < 4.78 is 71.4. The Balaban J connectivity index is 1.10. The molecular formula is C25H41N5O23P2. The first-order valence-electron chi connectivity index (χ1n) is 16.0. The number of ether oxygens (including phenoxy) is 6. The van der Waals surface area contributed by atoms with Crippen molar-refractivity contribution in [2.45, 2.75) is 86.0 Å². The quantitative estimate of drug-likeness (QED) is 0.0400. The third-order valence-electron chi connectivity index (χ3n) is 8.35. The van der Waals surface area contributed by atoms with Gasteiger partial charge in [-0.2, -0.15) is 9.29 Å². The number of imidazole rings is 1. The lowest BCUT2D eigenvalue weighted by Crippen LogP contribution is -2.59. The van der Waals surface area contributed by atoms with E-state index >= 15 is 0 Å². The van der Waals surface area contributed by atoms with E-state index in [1.54, 1.807) is 0 Å². The molecule has 16 atom stereocenters. The fourth-order valence-corrected chi connectivity index (χ4v) is 7.75. The minimum Gasteiger partial charge on any atom is -0.394 e. The standard InChI is InChI=1S/C25H41N5O23P2/c26-25-28-20-11(21(40)29-25)27-6-30(20)22-17(37)14(34)10(49-22)5-48-54(41,42)53-55(43,44)52-24-19(39)16(36)13(33)9(51-24)4-46-7-45-3-8-12(32)15(35)18(38)23(50-8)47-2-1-31/h6,8-10,12-19,22-24,31-39H,1-5,7H2,(H,41,42)(H,43,44)(H3,26,28,29,40)/t8-,9+,10-,12+,13-,14-,15+,16-,17-,18-,19+,22-,23-,24-/m1/s1. The van der Waals surface area contributed by atoms with Crippen LogP contribution in [-0.2, 0) is 50.9 Å². The average Bonchev–Trinajstić information content (AvgIpc) is 3.66. The third kappa shape index (κ3) is 10.3. The molecule has 3 aliphatic rings. The van der Waals surface area contributed by atoms with Crippen molar-refractivity contribution in [3.05, 3.63) is 16.7 Å². The van der Waals surface area contributed by atoms with Crippen LogP contribution in [0.2, 0.25) is 0 Å². The molecule has 3 fully saturated rings. The van der Waals surface area contributed by atoms with Crippen LogP contribution in [0.1, 0.15) is 6.23 Å². The lowest BCUT2D eigenvalue weighted by Gasteiger charge is -2.40. The average molecular weight is 842 g/mol. The molecule has 2 aromatic rings. The first-order valence-corrected chi connectivity index (χ1v) is 19.0. The zero-order chi connectivity index (χ0) is 40.4. The first kappa shape index (κ1) is 43.9. The summed E-state index contributed by atoms with van der Waals surface area (Å²) in [6, 6.07) is 0. The number of nitrogen functional groups attached to an aromatic ring is 1. The number of aromatic amines is 1. The van der Waals surface area contributed by atoms with Crippen LogP contribution >= 0.6 is 15.6 Å². The van der Waals surface area contributed by atoms with Gasteiger partial charge in [-0.1, -0.05) is 0 Å². The fourth-order valence-electron chi connectivity index (χ4n) is 5.59. The molecular weight excluding hydrogens is 800 g/mol. The minimum absolute atomic E-state index is 0.143. The number of rotatable bonds is 17. The van der Waals surface area contributed by atoms with Crippen LogP contribution in [-0.4, -0.2) is 195 Å². The predicted octanol–water partition coefficient (Wildman–Crippen LogP) is -6.81. The Labute approximate surface area is 307 Å². The summed E-state index contributed by atoms with van der Waals surface area (Å²) in [7, 11) is -11.4. The number of hydrogen-bond acceptors (Lipinski definition) is 24. The van der Waals surface area contributed by atoms with E-state index in [2.05, 4.69) is 28.3 Å². The number of aliphatic hydroxyl groups excluding tert-OH is 9. The molecule has 0 bridgehead atoms. The van der Waals surface area contributed by atoms with Crippen molar-refractivity contribution in [3.8, 4) is 0 Å². The Morgan fingerprint density at radius 3 is 1.96 bits per heavy atom. The van der Waals surface area contributed by atoms with Gasteiger partial charge in [0.15, 0.2) is 30.0 Å². The van der Waals surface area contributed by atoms with Crippen LogP contribution in [0, 0.1) is 0 Å². The molecule has 314 valence electrons. The Morgan fingerprint density at radius 1 is 0.782 bits per heavy atom. The normalized spacial score (nSPS) is 37.9. The molecule has 14 N–H and O–H groups in total. The van der Waals surface area contributed by atoms with E-state index in [1.165, 1.54) is 0 Å². The second kappa shape index (κ2) is 18.2. The number of nitrogens with two attached hydrogens (primary N) is 1. The summed E-state index contributed by atoms with van der Waals surface area (Å²) in [6.07, 6.45) is -23.3. The van der Waals surface area contributed by atoms with Gasteiger partial charge in [0.05, 0.1) is 39.4 Å². The molecule has 5 rings (SSSR count). The number of phosphoric ester groups is 2. The lowest BCUT2D eigenvalue weighted by molar-refractivity contribution is -0.307. The molecule has 0 spiro atoms. The molecule has 30 heteroatoms. The van der Waals surface area contributed by atoms with Crippen LogP contribution in [0.15, 0.2) is 11.1 Å². The molecule has 28 nitrogen and oxygen atoms in total. The van der Waals surface area contributed by atoms with E-state index in [0.29, 0.717) is 0 Å². The maximum Gasteiger partial charge on any atom is 0.483 e. The number of nitrogens with zero attached hydrogens (tertiary/aromatic N) is 3. The van der Waals surface area contributed by atoms with Gasteiger partial charge in [-0.3, -0.25) is 23.4 Å². The first-order chi connectivity index (χ1) is 25.8. The Bertz CT molecular complexity index is 1740. The van der Waals surface area contributed by atoms with E-state index in [9.17, 15) is 64.6 Å². The van der Waals surface area contributed by atoms with Gasteiger partial charge >= 0.3 is 15.6 Å². The van der Waals surface area contributed by atoms with Gasteiger partial charge in [-0.15, -0.1) is 0 Å². The topological polar surface area (TPSA) is 429 Å². The van der Waals surface area contributed by atoms with Gasteiger partial charge < -0.3 is 89.9 Å². The Kier molecular flexibility index (Phi) is 14.5. The van der Waals surface area contributed by atoms with Crippen molar-refractivity contribution >= 4 is 32.8 Å². The van der Waals surface area contributed by atoms with Crippen molar-refractivity contribution in [1.29, 1.82) is 0 Å². The number of nitrogens with one attached hydrogen (secondary N) is 1. The second-order valence-electron chi connectivity index (χ2n) is 12.2. The predicted molar refractivity (Wildman–Crippen MR) is 169 cm³/mol. The molecule has 0 aromatic carbocycles. The SMILES string of the molecule is Nc1nc2c(ncn2[C@@H]2O[C@H](COP(=O)(O)OP(=O)(O)O[C@H]3O[C@@H](COCOC[C@H]4O[C@@H](OCCO)[C@H](O)[C@@H](O)[C@H]4O)[C@@H](O)[C@@H](O)[C@@H]3O)[C@@H](O)[C@H]2O)c(=O)[nH]1. The summed E-state index contributed by atoms with van der Waals surface area (Å²) in [5.41, 5.74) is 4.50. The van der Waals surface area contributed by atoms with Crippen LogP contribution in [0.25, 0.3) is 11.2 Å². The van der Waals surface area contributed by atoms with Crippen molar-refractivity contribution in [2.75, 3.05) is 45.6 Å². The Morgan fingerprint density at radius 2 is 1.35 bits per heavy atom. The minimum atomic E-state index is -5.75. The summed E-state index contributed by atoms with van der Waals surface area (Å²) in [6.45, 7) is -3.42. The number of aliphatic hydroxyl groups is 9. The third-order valence-corrected chi connectivity index (χ3v) is 10.9. The highest BCUT2D eigenvalue weighted by Crippen LogP contribution is 2.61. The highest BCUT2D eigenvalue weighted by molar-refractivity contribution is 7.61. The molecule has 2 unspecified atom stereocenters. The van der Waals surface area contributed by atoms with Crippen LogP contribution in [0.3, 0.4) is 0 Å². The monoisotopic (exact) mass is 841 g/mol. The van der Waals surface area contributed by atoms with Crippen molar-refractivity contribution in [1.82, 2.24) is 19.5 Å². The molecule has 55 heavy (non-hydrogen) atoms. The molecule has 3 aliphatic heterocycles. The fraction of sp³-hybridized carbons (Fsp3) is 0.800. The summed E-state index contributed by atoms with van der Waals surface area (Å²) in [5, 5.41) is 91.0. The van der Waals surface area contributed by atoms with Gasteiger partial charge in [0.25, 0.3) is 5.56 Å². The summed E-state index contributed by atoms with van der Waals surface area (Å²) in [4.78, 5) is 42.4. The maximum absolute atomic E-state index is 12.7. The largest absolute Gasteiger partial charge is 0.483 e. The van der Waals surface area contributed by atoms with Crippen molar-refractivity contribution in [3.63, 3.8) is 0 Å². The maximum atomic E-state index is 12.7. The van der Waals surface area contributed by atoms with E-state index in [-0.39, 0.29) is 23.7 Å². The molecule has 0 aliphatic carbocycles. The van der Waals surface area contributed by atoms with Gasteiger partial charge in [0.2, 0.25) is 5.95 Å². The number of hydrogen-bond donors (Lipinski definition) is 13. The van der Waals surface area contributed by atoms with Gasteiger partial charge in [-0.05, 0) is 0 Å². The van der Waals surface area contributed by atoms with Crippen LogP contribution < -0.4 is 11.3 Å². The number of aromatic nitrogens is 4. The zero-order valence-electron chi connectivity index (χ0n) is 28.0. The number of H-pyrrole nitrogens is 1. The smallest absolute Gasteiger partial charge is 0.394 e. The Hall–Kier alpha value is -2.19. The van der Waals surface area contributed by atoms with Crippen molar-refractivity contribution in [2.24, 2.45) is 0 Å². The highest BCUT2D eigenvalue weighted by Gasteiger charge is 2.50. The summed E-state index contributed by atoms with van der Waals surface area (Å²) >= 11 is 0. The molecule has 0 amide bonds. The zero-order valence-corrected chi connectivity index (χ0v) is 29.8. The van der Waals surface area contributed by atoms with Gasteiger partial charge in [0.1, 0.15) is 73.9 Å². The molecule has 3 saturated heterocycles. The van der Waals surface area contributed by atoms with Crippen molar-refractivity contribution < 1.29 is 107 Å². The van der Waals surface area contributed by atoms with E-state index in [1.807, 2.05) is 0 Å². The molecule has 2 aromatic heterocycles. The number of fused-ring (bicyclic) bond motifs is 1. The van der Waals surface area contributed by atoms with Crippen LogP contribution in [0.4, 0.5) is 5.95 Å². The van der Waals surface area contributed by atoms with Crippen LogP contribution in [0.5, 0.6) is 0 Å². The highest BCUT2D eigenvalue weighted by atomic mass is 31.3. The lowest BCUT2D eigenvalue weighted by atomic mass is 9.99. The molecule has 0 saturated carbocycles. The molecule has 0 radical (unpaired) electrons. The van der Waals surface area contributed by atoms with E-state index < -0.39 is 140 Å². The second-order valence-corrected chi connectivity index (χ2v) is 15.2. The van der Waals surface area contributed by atoms with Gasteiger partial charge in [0, 0.05) is 0 Å². The summed E-state index contributed by atoms with van der Waals surface area (Å²) in [5.74, 6) is -0.303. The number of phosphoric acid groups is 2.